The number of anilines is 1. The van der Waals surface area contributed by atoms with Crippen molar-refractivity contribution in [3.8, 4) is 0 Å². The zero-order valence-electron chi connectivity index (χ0n) is 14.0. The summed E-state index contributed by atoms with van der Waals surface area (Å²) in [6.07, 6.45) is 1.15. The molecule has 1 amide bonds. The van der Waals surface area contributed by atoms with Gasteiger partial charge in [0.1, 0.15) is 0 Å². The van der Waals surface area contributed by atoms with Gasteiger partial charge in [-0.05, 0) is 26.1 Å². The maximum atomic E-state index is 12.1. The summed E-state index contributed by atoms with van der Waals surface area (Å²) in [5.41, 5.74) is 1.38. The fourth-order valence-electron chi connectivity index (χ4n) is 2.18. The Morgan fingerprint density at radius 1 is 1.28 bits per heavy atom. The molecule has 3 aromatic rings. The highest BCUT2D eigenvalue weighted by Gasteiger charge is 2.13. The molecular formula is C17H19N5O2S. The van der Waals surface area contributed by atoms with Crippen molar-refractivity contribution in [3.05, 3.63) is 58.7 Å². The molecule has 1 unspecified atom stereocenters. The van der Waals surface area contributed by atoms with Gasteiger partial charge in [-0.2, -0.15) is 4.98 Å². The molecule has 0 saturated heterocycles. The fraction of sp³-hybridized carbons (Fsp3) is 0.294. The number of nitrogens with one attached hydrogen (secondary N) is 2. The molecule has 0 aliphatic carbocycles. The minimum absolute atomic E-state index is 0.178. The van der Waals surface area contributed by atoms with Crippen molar-refractivity contribution < 1.29 is 9.32 Å². The van der Waals surface area contributed by atoms with Crippen LogP contribution in [-0.4, -0.2) is 34.1 Å². The normalized spacial score (nSPS) is 12.1. The molecule has 0 fully saturated rings. The summed E-state index contributed by atoms with van der Waals surface area (Å²) in [4.78, 5) is 20.9. The van der Waals surface area contributed by atoms with Crippen LogP contribution in [0.5, 0.6) is 0 Å². The van der Waals surface area contributed by atoms with Crippen LogP contribution in [0.3, 0.4) is 0 Å². The van der Waals surface area contributed by atoms with E-state index in [4.69, 9.17) is 4.52 Å². The smallest absolute Gasteiger partial charge is 0.257 e. The van der Waals surface area contributed by atoms with Crippen LogP contribution < -0.4 is 10.6 Å². The number of benzene rings is 1. The largest absolute Gasteiger partial charge is 0.339 e. The molecule has 2 heterocycles. The van der Waals surface area contributed by atoms with Gasteiger partial charge in [0.05, 0.1) is 12.1 Å². The lowest BCUT2D eigenvalue weighted by Gasteiger charge is -2.04. The van der Waals surface area contributed by atoms with E-state index in [0.717, 1.165) is 5.69 Å². The van der Waals surface area contributed by atoms with Crippen LogP contribution >= 0.6 is 11.3 Å². The standard InChI is InChI=1S/C17H19N5O2S/c1-11(18-2)8-14-20-15(24-22-14)9-13-10-25-17(19-13)21-16(23)12-6-4-3-5-7-12/h3-7,10-11,18H,8-9H2,1-2H3,(H,19,21,23). The molecule has 130 valence electrons. The second-order valence-corrected chi connectivity index (χ2v) is 6.50. The van der Waals surface area contributed by atoms with E-state index in [2.05, 4.69) is 32.7 Å². The van der Waals surface area contributed by atoms with Crippen molar-refractivity contribution in [2.75, 3.05) is 12.4 Å². The predicted octanol–water partition coefficient (Wildman–Crippen LogP) is 2.52. The van der Waals surface area contributed by atoms with Crippen molar-refractivity contribution >= 4 is 22.4 Å². The van der Waals surface area contributed by atoms with E-state index >= 15 is 0 Å². The Bertz CT molecular complexity index is 830. The zero-order chi connectivity index (χ0) is 17.6. The monoisotopic (exact) mass is 357 g/mol. The Morgan fingerprint density at radius 2 is 2.08 bits per heavy atom. The molecule has 8 heteroatoms. The van der Waals surface area contributed by atoms with Gasteiger partial charge in [0, 0.05) is 23.4 Å². The number of aromatic nitrogens is 3. The van der Waals surface area contributed by atoms with Gasteiger partial charge in [0.2, 0.25) is 5.89 Å². The van der Waals surface area contributed by atoms with Gasteiger partial charge in [0.15, 0.2) is 11.0 Å². The SMILES string of the molecule is CNC(C)Cc1noc(Cc2csc(NC(=O)c3ccccc3)n2)n1. The summed E-state index contributed by atoms with van der Waals surface area (Å²) in [5.74, 6) is 1.01. The number of amides is 1. The Morgan fingerprint density at radius 3 is 2.84 bits per heavy atom. The van der Waals surface area contributed by atoms with Gasteiger partial charge in [-0.25, -0.2) is 4.98 Å². The molecule has 0 saturated carbocycles. The molecule has 1 aromatic carbocycles. The van der Waals surface area contributed by atoms with Crippen LogP contribution in [0, 0.1) is 0 Å². The summed E-state index contributed by atoms with van der Waals surface area (Å²) >= 11 is 1.37. The second kappa shape index (κ2) is 8.00. The highest BCUT2D eigenvalue weighted by Crippen LogP contribution is 2.18. The average molecular weight is 357 g/mol. The van der Waals surface area contributed by atoms with Gasteiger partial charge in [-0.3, -0.25) is 10.1 Å². The number of nitrogens with zero attached hydrogens (tertiary/aromatic N) is 3. The second-order valence-electron chi connectivity index (χ2n) is 5.64. The Labute approximate surface area is 149 Å². The van der Waals surface area contributed by atoms with E-state index in [1.165, 1.54) is 11.3 Å². The number of carbonyl (C=O) groups excluding carboxylic acids is 1. The van der Waals surface area contributed by atoms with E-state index in [1.54, 1.807) is 12.1 Å². The van der Waals surface area contributed by atoms with E-state index in [0.29, 0.717) is 35.3 Å². The van der Waals surface area contributed by atoms with Crippen molar-refractivity contribution in [2.24, 2.45) is 0 Å². The summed E-state index contributed by atoms with van der Waals surface area (Å²) in [5, 5.41) is 12.3. The van der Waals surface area contributed by atoms with Gasteiger partial charge < -0.3 is 9.84 Å². The van der Waals surface area contributed by atoms with Crippen LogP contribution in [0.15, 0.2) is 40.2 Å². The number of thiazole rings is 1. The summed E-state index contributed by atoms with van der Waals surface area (Å²) in [6, 6.07) is 9.32. The molecule has 0 radical (unpaired) electrons. The number of likely N-dealkylation sites (N-methyl/N-ethyl adjacent to an activating group) is 1. The highest BCUT2D eigenvalue weighted by molar-refractivity contribution is 7.14. The van der Waals surface area contributed by atoms with Crippen LogP contribution in [0.2, 0.25) is 0 Å². The minimum Gasteiger partial charge on any atom is -0.339 e. The van der Waals surface area contributed by atoms with Crippen molar-refractivity contribution in [1.29, 1.82) is 0 Å². The van der Waals surface area contributed by atoms with E-state index < -0.39 is 0 Å². The number of carbonyl (C=O) groups is 1. The van der Waals surface area contributed by atoms with E-state index in [1.807, 2.05) is 30.6 Å². The van der Waals surface area contributed by atoms with Crippen molar-refractivity contribution in [3.63, 3.8) is 0 Å². The first-order valence-corrected chi connectivity index (χ1v) is 8.81. The molecule has 25 heavy (non-hydrogen) atoms. The Hall–Kier alpha value is -2.58. The molecule has 0 aliphatic heterocycles. The number of hydrogen-bond acceptors (Lipinski definition) is 7. The lowest BCUT2D eigenvalue weighted by molar-refractivity contribution is 0.102. The quantitative estimate of drug-likeness (QED) is 0.675. The molecule has 3 rings (SSSR count). The maximum absolute atomic E-state index is 12.1. The van der Waals surface area contributed by atoms with Gasteiger partial charge in [-0.15, -0.1) is 11.3 Å². The molecule has 7 nitrogen and oxygen atoms in total. The first-order chi connectivity index (χ1) is 12.1. The summed E-state index contributed by atoms with van der Waals surface area (Å²) < 4.78 is 5.26. The molecule has 0 spiro atoms. The third-order valence-electron chi connectivity index (χ3n) is 3.63. The Balaban J connectivity index is 1.59. The third kappa shape index (κ3) is 4.71. The molecule has 1 atom stereocenters. The minimum atomic E-state index is -0.178. The molecule has 0 bridgehead atoms. The molecular weight excluding hydrogens is 338 g/mol. The summed E-state index contributed by atoms with van der Waals surface area (Å²) in [6.45, 7) is 2.05. The number of rotatable bonds is 7. The lowest BCUT2D eigenvalue weighted by atomic mass is 10.2. The molecule has 2 N–H and O–H groups in total. The molecule has 2 aromatic heterocycles. The first-order valence-electron chi connectivity index (χ1n) is 7.93. The van der Waals surface area contributed by atoms with Crippen LogP contribution in [0.25, 0.3) is 0 Å². The average Bonchev–Trinajstić information content (AvgIpc) is 3.25. The highest BCUT2D eigenvalue weighted by atomic mass is 32.1. The van der Waals surface area contributed by atoms with Crippen molar-refractivity contribution in [1.82, 2.24) is 20.4 Å². The van der Waals surface area contributed by atoms with E-state index in [-0.39, 0.29) is 11.9 Å². The van der Waals surface area contributed by atoms with Crippen molar-refractivity contribution in [2.45, 2.75) is 25.8 Å². The van der Waals surface area contributed by atoms with Gasteiger partial charge >= 0.3 is 0 Å². The van der Waals surface area contributed by atoms with E-state index in [9.17, 15) is 4.79 Å². The topological polar surface area (TPSA) is 92.9 Å². The maximum Gasteiger partial charge on any atom is 0.257 e. The Kier molecular flexibility index (Phi) is 5.52. The van der Waals surface area contributed by atoms with Gasteiger partial charge in [0.25, 0.3) is 5.91 Å². The molecule has 0 aliphatic rings. The fourth-order valence-corrected chi connectivity index (χ4v) is 2.89. The zero-order valence-corrected chi connectivity index (χ0v) is 14.8. The predicted molar refractivity (Wildman–Crippen MR) is 95.8 cm³/mol. The summed E-state index contributed by atoms with van der Waals surface area (Å²) in [7, 11) is 1.90. The number of hydrogen-bond donors (Lipinski definition) is 2. The van der Waals surface area contributed by atoms with Gasteiger partial charge in [-0.1, -0.05) is 23.4 Å². The van der Waals surface area contributed by atoms with Crippen LogP contribution in [0.4, 0.5) is 5.13 Å². The third-order valence-corrected chi connectivity index (χ3v) is 4.44. The van der Waals surface area contributed by atoms with Crippen LogP contribution in [0.1, 0.15) is 34.7 Å². The lowest BCUT2D eigenvalue weighted by Crippen LogP contribution is -2.24. The first kappa shape index (κ1) is 17.2. The van der Waals surface area contributed by atoms with Crippen LogP contribution in [-0.2, 0) is 12.8 Å².